The molecule has 0 heterocycles. The number of aryl methyl sites for hydroxylation is 6. The second kappa shape index (κ2) is 19.2. The van der Waals surface area contributed by atoms with Crippen LogP contribution in [0.3, 0.4) is 0 Å². The maximum absolute atomic E-state index is 11.6. The molecule has 3 N–H and O–H groups in total. The fourth-order valence-corrected chi connectivity index (χ4v) is 8.95. The summed E-state index contributed by atoms with van der Waals surface area (Å²) < 4.78 is 0. The van der Waals surface area contributed by atoms with Crippen molar-refractivity contribution in [2.75, 3.05) is 0 Å². The number of rotatable bonds is 18. The molecule has 0 saturated heterocycles. The monoisotopic (exact) mass is 733 g/mol. The molecular weight excluding hydrogens is 661 g/mol. The van der Waals surface area contributed by atoms with E-state index in [0.29, 0.717) is 17.2 Å². The van der Waals surface area contributed by atoms with E-state index in [1.165, 1.54) is 50.1 Å². The lowest BCUT2D eigenvalue weighted by Crippen LogP contribution is -2.12. The van der Waals surface area contributed by atoms with Gasteiger partial charge in [0.2, 0.25) is 0 Å². The third-order valence-electron chi connectivity index (χ3n) is 11.1. The summed E-state index contributed by atoms with van der Waals surface area (Å²) in [4.78, 5) is 0. The van der Waals surface area contributed by atoms with Crippen molar-refractivity contribution in [1.82, 2.24) is 0 Å². The van der Waals surface area contributed by atoms with E-state index in [1.807, 2.05) is 0 Å². The molecule has 0 radical (unpaired) electrons. The molecule has 0 aromatic heterocycles. The first-order valence-electron chi connectivity index (χ1n) is 21.6. The topological polar surface area (TPSA) is 60.7 Å². The molecule has 4 aromatic carbocycles. The minimum Gasteiger partial charge on any atom is -0.507 e. The van der Waals surface area contributed by atoms with Crippen LogP contribution in [-0.2, 0) is 38.5 Å². The summed E-state index contributed by atoms with van der Waals surface area (Å²) in [5.41, 5.74) is 17.6. The van der Waals surface area contributed by atoms with E-state index >= 15 is 0 Å². The number of hydrogen-bond donors (Lipinski definition) is 3. The van der Waals surface area contributed by atoms with Gasteiger partial charge in [-0.15, -0.1) is 0 Å². The summed E-state index contributed by atoms with van der Waals surface area (Å²) in [6, 6.07) is 13.7. The molecule has 0 unspecified atom stereocenters. The van der Waals surface area contributed by atoms with Crippen molar-refractivity contribution >= 4 is 0 Å². The van der Waals surface area contributed by atoms with E-state index in [-0.39, 0.29) is 17.8 Å². The molecule has 0 saturated carbocycles. The van der Waals surface area contributed by atoms with Crippen LogP contribution >= 0.6 is 0 Å². The molecule has 54 heavy (non-hydrogen) atoms. The first-order chi connectivity index (χ1) is 25.8. The zero-order chi connectivity index (χ0) is 39.9. The van der Waals surface area contributed by atoms with Gasteiger partial charge in [0.15, 0.2) is 0 Å². The van der Waals surface area contributed by atoms with Gasteiger partial charge < -0.3 is 15.3 Å². The Bertz CT molecular complexity index is 1570. The smallest absolute Gasteiger partial charge is 0.121 e. The molecule has 4 rings (SSSR count). The van der Waals surface area contributed by atoms with Gasteiger partial charge in [0.25, 0.3) is 0 Å². The highest BCUT2D eigenvalue weighted by atomic mass is 16.3. The van der Waals surface area contributed by atoms with Gasteiger partial charge in [-0.05, 0) is 176 Å². The van der Waals surface area contributed by atoms with Gasteiger partial charge in [-0.1, -0.05) is 122 Å². The number of hydrogen-bond acceptors (Lipinski definition) is 3. The van der Waals surface area contributed by atoms with Crippen LogP contribution in [0.2, 0.25) is 0 Å². The fraction of sp³-hybridized carbons (Fsp3) is 0.529. The van der Waals surface area contributed by atoms with Crippen molar-refractivity contribution in [2.24, 2.45) is 0 Å². The molecule has 0 aliphatic rings. The SMILES string of the molecule is CCCc1cc(-c2c(C(C)C)c(-c3cc(CCC)c(O)c(CCC)c3)c(C(C)C)c(-c3cc(CCC)c(O)c(CCC)c3)c2C(C)C)cc(CCC)c1O. The van der Waals surface area contributed by atoms with Crippen molar-refractivity contribution in [1.29, 1.82) is 0 Å². The maximum atomic E-state index is 11.6. The first-order valence-corrected chi connectivity index (χ1v) is 21.6. The Hall–Kier alpha value is -3.72. The standard InChI is InChI=1S/C51H72O3/c1-13-19-34-25-40(26-35(20-14-2)49(34)52)46-43(31(7)8)47(41-27-36(21-15-3)50(53)37(28-41)22-16-4)45(33(11)12)48(44(46)32(9)10)42-29-38(23-17-5)51(54)39(30-42)24-18-6/h25-33,52-54H,13-24H2,1-12H3. The van der Waals surface area contributed by atoms with Gasteiger partial charge in [-0.3, -0.25) is 0 Å². The van der Waals surface area contributed by atoms with Gasteiger partial charge in [-0.25, -0.2) is 0 Å². The molecule has 0 aliphatic heterocycles. The summed E-state index contributed by atoms with van der Waals surface area (Å²) in [6.07, 6.45) is 10.7. The van der Waals surface area contributed by atoms with Gasteiger partial charge in [0.05, 0.1) is 0 Å². The summed E-state index contributed by atoms with van der Waals surface area (Å²) >= 11 is 0. The van der Waals surface area contributed by atoms with Crippen molar-refractivity contribution in [3.63, 3.8) is 0 Å². The number of phenols is 3. The molecule has 0 bridgehead atoms. The Morgan fingerprint density at radius 1 is 0.333 bits per heavy atom. The molecule has 0 fully saturated rings. The molecule has 4 aromatic rings. The van der Waals surface area contributed by atoms with Crippen molar-refractivity contribution in [2.45, 2.75) is 178 Å². The summed E-state index contributed by atoms with van der Waals surface area (Å²) in [5, 5.41) is 34.8. The second-order valence-electron chi connectivity index (χ2n) is 16.8. The Labute approximate surface area is 329 Å². The predicted molar refractivity (Wildman–Crippen MR) is 234 cm³/mol. The van der Waals surface area contributed by atoms with E-state index in [2.05, 4.69) is 119 Å². The third-order valence-corrected chi connectivity index (χ3v) is 11.1. The van der Waals surface area contributed by atoms with E-state index in [1.54, 1.807) is 0 Å². The van der Waals surface area contributed by atoms with Gasteiger partial charge >= 0.3 is 0 Å². The second-order valence-corrected chi connectivity index (χ2v) is 16.8. The Morgan fingerprint density at radius 3 is 0.630 bits per heavy atom. The van der Waals surface area contributed by atoms with E-state index < -0.39 is 0 Å². The van der Waals surface area contributed by atoms with E-state index in [0.717, 1.165) is 110 Å². The molecule has 3 nitrogen and oxygen atoms in total. The van der Waals surface area contributed by atoms with Crippen LogP contribution in [0, 0.1) is 0 Å². The van der Waals surface area contributed by atoms with Crippen LogP contribution in [0.5, 0.6) is 17.2 Å². The van der Waals surface area contributed by atoms with Crippen molar-refractivity contribution in [3.05, 3.63) is 86.5 Å². The fourth-order valence-electron chi connectivity index (χ4n) is 8.95. The van der Waals surface area contributed by atoms with Gasteiger partial charge in [0, 0.05) is 0 Å². The van der Waals surface area contributed by atoms with E-state index in [9.17, 15) is 15.3 Å². The first kappa shape index (κ1) is 43.0. The number of aromatic hydroxyl groups is 3. The van der Waals surface area contributed by atoms with Crippen LogP contribution in [0.4, 0.5) is 0 Å². The molecule has 0 atom stereocenters. The summed E-state index contributed by atoms with van der Waals surface area (Å²) in [6.45, 7) is 27.2. The third kappa shape index (κ3) is 8.87. The lowest BCUT2D eigenvalue weighted by atomic mass is 9.71. The molecule has 3 heteroatoms. The van der Waals surface area contributed by atoms with Crippen molar-refractivity contribution in [3.8, 4) is 50.6 Å². The lowest BCUT2D eigenvalue weighted by Gasteiger charge is -2.33. The van der Waals surface area contributed by atoms with Crippen LogP contribution < -0.4 is 0 Å². The minimum atomic E-state index is 0.196. The number of benzene rings is 4. The Balaban J connectivity index is 2.44. The Kier molecular flexibility index (Phi) is 15.3. The normalized spacial score (nSPS) is 11.8. The van der Waals surface area contributed by atoms with Gasteiger partial charge in [0.1, 0.15) is 17.2 Å². The molecular formula is C51H72O3. The van der Waals surface area contributed by atoms with Gasteiger partial charge in [-0.2, -0.15) is 0 Å². The molecule has 0 spiro atoms. The summed E-state index contributed by atoms with van der Waals surface area (Å²) in [5.74, 6) is 1.96. The maximum Gasteiger partial charge on any atom is 0.121 e. The van der Waals surface area contributed by atoms with Crippen LogP contribution in [-0.4, -0.2) is 15.3 Å². The number of phenolic OH excluding ortho intramolecular Hbond substituents is 3. The average molecular weight is 733 g/mol. The zero-order valence-electron chi connectivity index (χ0n) is 36.0. The summed E-state index contributed by atoms with van der Waals surface area (Å²) in [7, 11) is 0. The highest BCUT2D eigenvalue weighted by molar-refractivity contribution is 5.94. The largest absolute Gasteiger partial charge is 0.507 e. The van der Waals surface area contributed by atoms with E-state index in [4.69, 9.17) is 0 Å². The predicted octanol–water partition coefficient (Wildman–Crippen LogP) is 14.9. The van der Waals surface area contributed by atoms with Crippen LogP contribution in [0.25, 0.3) is 33.4 Å². The quantitative estimate of drug-likeness (QED) is 0.0954. The lowest BCUT2D eigenvalue weighted by molar-refractivity contribution is 0.459. The molecule has 0 aliphatic carbocycles. The molecule has 0 amide bonds. The Morgan fingerprint density at radius 2 is 0.500 bits per heavy atom. The minimum absolute atomic E-state index is 0.196. The molecule has 294 valence electrons. The van der Waals surface area contributed by atoms with Crippen LogP contribution in [0.15, 0.2) is 36.4 Å². The zero-order valence-corrected chi connectivity index (χ0v) is 36.0. The highest BCUT2D eigenvalue weighted by Crippen LogP contribution is 2.53. The van der Waals surface area contributed by atoms with Crippen molar-refractivity contribution < 1.29 is 15.3 Å². The average Bonchev–Trinajstić information content (AvgIpc) is 3.12. The highest BCUT2D eigenvalue weighted by Gasteiger charge is 2.32. The van der Waals surface area contributed by atoms with Crippen LogP contribution in [0.1, 0.15) is 189 Å².